The number of H-pyrrole nitrogens is 1. The molecule has 0 radical (unpaired) electrons. The molecule has 2 aliphatic heterocycles. The van der Waals surface area contributed by atoms with Gasteiger partial charge in [0, 0.05) is 80.1 Å². The van der Waals surface area contributed by atoms with Crippen molar-refractivity contribution in [3.05, 3.63) is 63.8 Å². The molecule has 3 aromatic rings. The molecule has 0 bridgehead atoms. The number of ether oxygens (including phenoxy) is 1. The number of piperazine rings is 1. The molecule has 0 spiro atoms. The lowest BCUT2D eigenvalue weighted by molar-refractivity contribution is -0.00572. The molecule has 10 nitrogen and oxygen atoms in total. The van der Waals surface area contributed by atoms with Crippen LogP contribution in [0.15, 0.2) is 35.5 Å². The van der Waals surface area contributed by atoms with Gasteiger partial charge >= 0.3 is 0 Å². The monoisotopic (exact) mass is 617 g/mol. The topological polar surface area (TPSA) is 107 Å². The minimum absolute atomic E-state index is 0.00398. The SMILES string of the molecule is CC1CN(c2ncc(-c3c(F)cc(N4CC(C)N(C)C(C)C4)c(NC(=O)c4c[nH]c(=O)cc4C(F)F)c3F)cn2)CC(C)O1. The first-order chi connectivity index (χ1) is 20.8. The van der Waals surface area contributed by atoms with Gasteiger partial charge in [0.05, 0.1) is 29.0 Å². The van der Waals surface area contributed by atoms with Crippen LogP contribution in [0.1, 0.15) is 50.0 Å². The van der Waals surface area contributed by atoms with Crippen LogP contribution in [0.4, 0.5) is 34.9 Å². The number of nitrogens with one attached hydrogen (secondary N) is 2. The Morgan fingerprint density at radius 1 is 1.00 bits per heavy atom. The fourth-order valence-corrected chi connectivity index (χ4v) is 5.84. The molecule has 4 atom stereocenters. The molecule has 4 unspecified atom stereocenters. The van der Waals surface area contributed by atoms with Gasteiger partial charge in [-0.05, 0) is 34.7 Å². The van der Waals surface area contributed by atoms with Crippen LogP contribution >= 0.6 is 0 Å². The molecule has 2 fully saturated rings. The van der Waals surface area contributed by atoms with Crippen molar-refractivity contribution in [1.82, 2.24) is 19.9 Å². The van der Waals surface area contributed by atoms with E-state index in [4.69, 9.17) is 4.74 Å². The number of nitrogens with zero attached hydrogens (tertiary/aromatic N) is 5. The van der Waals surface area contributed by atoms with Gasteiger partial charge < -0.3 is 24.8 Å². The average Bonchev–Trinajstić information content (AvgIpc) is 2.96. The number of rotatable bonds is 6. The van der Waals surface area contributed by atoms with E-state index in [0.717, 1.165) is 12.3 Å². The number of pyridine rings is 1. The maximum absolute atomic E-state index is 16.5. The van der Waals surface area contributed by atoms with Crippen molar-refractivity contribution in [2.75, 3.05) is 48.3 Å². The van der Waals surface area contributed by atoms with Crippen molar-refractivity contribution in [2.45, 2.75) is 58.4 Å². The molecule has 1 amide bonds. The van der Waals surface area contributed by atoms with E-state index in [1.165, 1.54) is 12.4 Å². The number of aromatic amines is 1. The van der Waals surface area contributed by atoms with Crippen LogP contribution in [0.2, 0.25) is 0 Å². The van der Waals surface area contributed by atoms with Gasteiger partial charge in [0.2, 0.25) is 11.5 Å². The van der Waals surface area contributed by atoms with Crippen LogP contribution < -0.4 is 20.7 Å². The van der Waals surface area contributed by atoms with Gasteiger partial charge in [0.1, 0.15) is 11.5 Å². The predicted octanol–water partition coefficient (Wildman–Crippen LogP) is 4.44. The molecular weight excluding hydrogens is 582 g/mol. The summed E-state index contributed by atoms with van der Waals surface area (Å²) in [4.78, 5) is 41.7. The smallest absolute Gasteiger partial charge is 0.264 e. The Morgan fingerprint density at radius 2 is 1.61 bits per heavy atom. The molecule has 4 heterocycles. The standard InChI is InChI=1S/C30H35F4N7O3/c1-15-11-40(12-16(2)39(15)5)23-7-22(31)25(19-8-36-30(37-9-19)41-13-17(3)44-18(4)14-41)26(32)27(23)38-29(43)21-10-35-24(42)6-20(21)28(33)34/h6-10,15-18,28H,11-14H2,1-5H3,(H,35,42)(H,38,43). The molecule has 2 aliphatic rings. The van der Waals surface area contributed by atoms with Gasteiger partial charge in [-0.2, -0.15) is 0 Å². The summed E-state index contributed by atoms with van der Waals surface area (Å²) in [6, 6.07) is 1.75. The quantitative estimate of drug-likeness (QED) is 0.391. The van der Waals surface area contributed by atoms with E-state index in [-0.39, 0.29) is 41.2 Å². The highest BCUT2D eigenvalue weighted by atomic mass is 19.3. The Bertz CT molecular complexity index is 1560. The molecule has 2 N–H and O–H groups in total. The minimum Gasteiger partial charge on any atom is -0.372 e. The Labute approximate surface area is 252 Å². The number of carbonyl (C=O) groups is 1. The van der Waals surface area contributed by atoms with Crippen molar-refractivity contribution in [1.29, 1.82) is 0 Å². The average molecular weight is 618 g/mol. The Hall–Kier alpha value is -4.04. The lowest BCUT2D eigenvalue weighted by atomic mass is 10.0. The second-order valence-corrected chi connectivity index (χ2v) is 11.6. The summed E-state index contributed by atoms with van der Waals surface area (Å²) in [5.41, 5.74) is -2.96. The molecule has 236 valence electrons. The fraction of sp³-hybridized carbons (Fsp3) is 0.467. The molecular formula is C30H35F4N7O3. The zero-order valence-corrected chi connectivity index (χ0v) is 25.1. The van der Waals surface area contributed by atoms with E-state index >= 15 is 8.78 Å². The van der Waals surface area contributed by atoms with Crippen molar-refractivity contribution in [2.24, 2.45) is 0 Å². The lowest BCUT2D eigenvalue weighted by Gasteiger charge is -2.44. The third kappa shape index (κ3) is 6.27. The summed E-state index contributed by atoms with van der Waals surface area (Å²) in [7, 11) is 1.95. The largest absolute Gasteiger partial charge is 0.372 e. The zero-order chi connectivity index (χ0) is 31.9. The number of amides is 1. The van der Waals surface area contributed by atoms with E-state index < -0.39 is 46.2 Å². The molecule has 1 aromatic carbocycles. The van der Waals surface area contributed by atoms with E-state index in [0.29, 0.717) is 38.2 Å². The van der Waals surface area contributed by atoms with Crippen LogP contribution in [0, 0.1) is 11.6 Å². The number of benzene rings is 1. The van der Waals surface area contributed by atoms with Gasteiger partial charge in [-0.3, -0.25) is 14.5 Å². The van der Waals surface area contributed by atoms with E-state index in [9.17, 15) is 18.4 Å². The molecule has 14 heteroatoms. The zero-order valence-electron chi connectivity index (χ0n) is 25.1. The summed E-state index contributed by atoms with van der Waals surface area (Å²) >= 11 is 0. The number of morpholine rings is 1. The Balaban J connectivity index is 1.57. The van der Waals surface area contributed by atoms with E-state index in [1.807, 2.05) is 39.6 Å². The lowest BCUT2D eigenvalue weighted by Crippen LogP contribution is -2.55. The Morgan fingerprint density at radius 3 is 2.20 bits per heavy atom. The summed E-state index contributed by atoms with van der Waals surface area (Å²) in [5.74, 6) is -2.73. The molecule has 5 rings (SSSR count). The Kier molecular flexibility index (Phi) is 8.93. The summed E-state index contributed by atoms with van der Waals surface area (Å²) in [6.45, 7) is 9.65. The summed E-state index contributed by atoms with van der Waals surface area (Å²) in [6.07, 6.45) is 0.208. The van der Waals surface area contributed by atoms with Gasteiger partial charge in [-0.25, -0.2) is 27.5 Å². The second-order valence-electron chi connectivity index (χ2n) is 11.6. The third-order valence-corrected chi connectivity index (χ3v) is 8.20. The van der Waals surface area contributed by atoms with E-state index in [2.05, 4.69) is 25.2 Å². The molecule has 0 saturated carbocycles. The first kappa shape index (κ1) is 31.4. The fourth-order valence-electron chi connectivity index (χ4n) is 5.84. The van der Waals surface area contributed by atoms with Crippen LogP contribution in [0.3, 0.4) is 0 Å². The molecule has 2 saturated heterocycles. The van der Waals surface area contributed by atoms with Crippen LogP contribution in [0.5, 0.6) is 0 Å². The highest BCUT2D eigenvalue weighted by Gasteiger charge is 2.32. The third-order valence-electron chi connectivity index (χ3n) is 8.20. The van der Waals surface area contributed by atoms with Crippen LogP contribution in [0.25, 0.3) is 11.1 Å². The van der Waals surface area contributed by atoms with Gasteiger partial charge in [0.15, 0.2) is 5.82 Å². The minimum atomic E-state index is -3.14. The number of halogens is 4. The maximum atomic E-state index is 16.5. The number of likely N-dealkylation sites (N-methyl/N-ethyl adjacent to an activating group) is 1. The number of hydrogen-bond acceptors (Lipinski definition) is 8. The van der Waals surface area contributed by atoms with Crippen LogP contribution in [-0.4, -0.2) is 83.3 Å². The maximum Gasteiger partial charge on any atom is 0.264 e. The highest BCUT2D eigenvalue weighted by Crippen LogP contribution is 2.39. The van der Waals surface area contributed by atoms with Crippen LogP contribution in [-0.2, 0) is 4.74 Å². The van der Waals surface area contributed by atoms with Gasteiger partial charge in [0.25, 0.3) is 12.3 Å². The van der Waals surface area contributed by atoms with Gasteiger partial charge in [-0.1, -0.05) is 0 Å². The molecule has 44 heavy (non-hydrogen) atoms. The van der Waals surface area contributed by atoms with Crippen molar-refractivity contribution < 1.29 is 27.1 Å². The van der Waals surface area contributed by atoms with E-state index in [1.54, 1.807) is 4.90 Å². The summed E-state index contributed by atoms with van der Waals surface area (Å²) in [5, 5.41) is 2.40. The summed E-state index contributed by atoms with van der Waals surface area (Å²) < 4.78 is 65.5. The molecule has 0 aliphatic carbocycles. The normalized spacial score (nSPS) is 22.9. The number of aromatic nitrogens is 3. The number of carbonyl (C=O) groups excluding carboxylic acids is 1. The number of hydrogen-bond donors (Lipinski definition) is 2. The predicted molar refractivity (Wildman–Crippen MR) is 158 cm³/mol. The van der Waals surface area contributed by atoms with Gasteiger partial charge in [-0.15, -0.1) is 0 Å². The first-order valence-corrected chi connectivity index (χ1v) is 14.4. The number of anilines is 3. The molecule has 2 aromatic heterocycles. The van der Waals surface area contributed by atoms with Crippen molar-refractivity contribution >= 4 is 23.2 Å². The second kappa shape index (κ2) is 12.5. The van der Waals surface area contributed by atoms with Crippen molar-refractivity contribution in [3.63, 3.8) is 0 Å². The first-order valence-electron chi connectivity index (χ1n) is 14.4. The number of alkyl halides is 2. The van der Waals surface area contributed by atoms with Crippen molar-refractivity contribution in [3.8, 4) is 11.1 Å². The highest BCUT2D eigenvalue weighted by molar-refractivity contribution is 6.07.